The van der Waals surface area contributed by atoms with E-state index in [0.29, 0.717) is 0 Å². The summed E-state index contributed by atoms with van der Waals surface area (Å²) in [4.78, 5) is 16.5. The third-order valence-electron chi connectivity index (χ3n) is 2.01. The fraction of sp³-hybridized carbons (Fsp3) is 0.182. The highest BCUT2D eigenvalue weighted by molar-refractivity contribution is 5.75. The Balaban J connectivity index is 1.91. The number of rotatable bonds is 2. The first-order chi connectivity index (χ1) is 7.33. The van der Waals surface area contributed by atoms with Crippen LogP contribution in [0.1, 0.15) is 11.8 Å². The highest BCUT2D eigenvalue weighted by Crippen LogP contribution is 2.36. The van der Waals surface area contributed by atoms with Crippen LogP contribution in [-0.4, -0.2) is 17.6 Å². The average molecular weight is 202 g/mol. The monoisotopic (exact) mass is 202 g/mol. The van der Waals surface area contributed by atoms with Gasteiger partial charge in [0.25, 0.3) is 0 Å². The van der Waals surface area contributed by atoms with Crippen molar-refractivity contribution in [1.29, 1.82) is 0 Å². The molecular weight excluding hydrogens is 192 g/mol. The number of carbonyl (C=O) groups excluding carboxylic acids is 1. The Labute approximate surface area is 87.8 Å². The lowest BCUT2D eigenvalue weighted by molar-refractivity contribution is 0.178. The molecule has 1 atom stereocenters. The topological polar surface area (TPSA) is 44.6 Å². The molecule has 2 rings (SSSR count). The number of hydrogen-bond acceptors (Lipinski definition) is 2. The molecule has 0 aliphatic carbocycles. The van der Waals surface area contributed by atoms with Crippen LogP contribution in [-0.2, 0) is 4.84 Å². The zero-order valence-electron chi connectivity index (χ0n) is 8.01. The summed E-state index contributed by atoms with van der Waals surface area (Å²) in [5.74, 6) is 2.32. The molecule has 76 valence electrons. The van der Waals surface area contributed by atoms with Gasteiger partial charge in [-0.1, -0.05) is 36.3 Å². The summed E-state index contributed by atoms with van der Waals surface area (Å²) in [7, 11) is 0. The van der Waals surface area contributed by atoms with E-state index in [-0.39, 0.29) is 18.8 Å². The summed E-state index contributed by atoms with van der Waals surface area (Å²) in [6.07, 6.45) is 4.74. The minimum absolute atomic E-state index is 0.209. The van der Waals surface area contributed by atoms with Crippen LogP contribution in [0.15, 0.2) is 30.3 Å². The maximum Gasteiger partial charge on any atom is 0.345 e. The van der Waals surface area contributed by atoms with Crippen molar-refractivity contribution in [1.82, 2.24) is 10.4 Å². The SMILES string of the molecule is C#CCNC(=O)N1OC1c1ccccc1. The van der Waals surface area contributed by atoms with Gasteiger partial charge in [-0.25, -0.2) is 9.63 Å². The summed E-state index contributed by atoms with van der Waals surface area (Å²) in [5.41, 5.74) is 0.952. The maximum absolute atomic E-state index is 11.3. The minimum Gasteiger partial charge on any atom is -0.325 e. The normalized spacial score (nSPS) is 18.1. The maximum atomic E-state index is 11.3. The predicted molar refractivity (Wildman–Crippen MR) is 54.3 cm³/mol. The van der Waals surface area contributed by atoms with Gasteiger partial charge in [0.1, 0.15) is 0 Å². The summed E-state index contributed by atoms with van der Waals surface area (Å²) in [6, 6.07) is 9.21. The molecule has 1 N–H and O–H groups in total. The average Bonchev–Trinajstić information content (AvgIpc) is 3.07. The molecule has 15 heavy (non-hydrogen) atoms. The van der Waals surface area contributed by atoms with E-state index in [2.05, 4.69) is 11.2 Å². The summed E-state index contributed by atoms with van der Waals surface area (Å²) >= 11 is 0. The minimum atomic E-state index is -0.304. The molecular formula is C11H10N2O2. The Morgan fingerprint density at radius 1 is 1.53 bits per heavy atom. The Bertz CT molecular complexity index is 397. The second-order valence-electron chi connectivity index (χ2n) is 3.06. The summed E-state index contributed by atoms with van der Waals surface area (Å²) < 4.78 is 0. The van der Waals surface area contributed by atoms with Crippen molar-refractivity contribution in [3.8, 4) is 12.3 Å². The molecule has 1 fully saturated rings. The molecule has 1 aromatic rings. The first-order valence-electron chi connectivity index (χ1n) is 4.55. The van der Waals surface area contributed by atoms with Crippen LogP contribution < -0.4 is 5.32 Å². The molecule has 1 aromatic carbocycles. The van der Waals surface area contributed by atoms with Crippen molar-refractivity contribution in [3.05, 3.63) is 35.9 Å². The van der Waals surface area contributed by atoms with Crippen LogP contribution in [0.4, 0.5) is 4.79 Å². The van der Waals surface area contributed by atoms with Gasteiger partial charge in [0.2, 0.25) is 6.23 Å². The van der Waals surface area contributed by atoms with Crippen LogP contribution in [0.2, 0.25) is 0 Å². The number of hydroxylamine groups is 2. The van der Waals surface area contributed by atoms with E-state index in [0.717, 1.165) is 5.56 Å². The van der Waals surface area contributed by atoms with Gasteiger partial charge in [0.05, 0.1) is 6.54 Å². The van der Waals surface area contributed by atoms with Crippen molar-refractivity contribution in [2.45, 2.75) is 6.23 Å². The fourth-order valence-corrected chi connectivity index (χ4v) is 1.25. The van der Waals surface area contributed by atoms with Gasteiger partial charge in [-0.15, -0.1) is 6.42 Å². The smallest absolute Gasteiger partial charge is 0.325 e. The molecule has 4 heteroatoms. The number of amides is 2. The lowest BCUT2D eigenvalue weighted by atomic mass is 10.2. The molecule has 1 saturated heterocycles. The van der Waals surface area contributed by atoms with Crippen LogP contribution in [0.25, 0.3) is 0 Å². The zero-order valence-corrected chi connectivity index (χ0v) is 8.01. The van der Waals surface area contributed by atoms with E-state index in [1.54, 1.807) is 0 Å². The van der Waals surface area contributed by atoms with Gasteiger partial charge >= 0.3 is 6.03 Å². The van der Waals surface area contributed by atoms with Gasteiger partial charge in [-0.3, -0.25) is 0 Å². The molecule has 1 aliphatic rings. The van der Waals surface area contributed by atoms with Gasteiger partial charge in [-0.05, 0) is 0 Å². The van der Waals surface area contributed by atoms with Crippen molar-refractivity contribution in [3.63, 3.8) is 0 Å². The van der Waals surface area contributed by atoms with E-state index in [4.69, 9.17) is 11.3 Å². The first-order valence-corrected chi connectivity index (χ1v) is 4.55. The largest absolute Gasteiger partial charge is 0.345 e. The lowest BCUT2D eigenvalue weighted by Gasteiger charge is -1.98. The quantitative estimate of drug-likeness (QED) is 0.580. The van der Waals surface area contributed by atoms with E-state index < -0.39 is 0 Å². The van der Waals surface area contributed by atoms with Crippen molar-refractivity contribution < 1.29 is 9.63 Å². The summed E-state index contributed by atoms with van der Waals surface area (Å²) in [6.45, 7) is 0.209. The fourth-order valence-electron chi connectivity index (χ4n) is 1.25. The lowest BCUT2D eigenvalue weighted by Crippen LogP contribution is -2.28. The Morgan fingerprint density at radius 2 is 2.27 bits per heavy atom. The Morgan fingerprint density at radius 3 is 2.93 bits per heavy atom. The molecule has 1 heterocycles. The molecule has 4 nitrogen and oxygen atoms in total. The number of hydrogen-bond donors (Lipinski definition) is 1. The highest BCUT2D eigenvalue weighted by Gasteiger charge is 2.42. The number of terminal acetylenes is 1. The van der Waals surface area contributed by atoms with E-state index in [1.807, 2.05) is 30.3 Å². The third-order valence-corrected chi connectivity index (χ3v) is 2.01. The number of carbonyl (C=O) groups is 1. The molecule has 0 saturated carbocycles. The van der Waals surface area contributed by atoms with Crippen molar-refractivity contribution >= 4 is 6.03 Å². The Kier molecular flexibility index (Phi) is 2.57. The van der Waals surface area contributed by atoms with Crippen LogP contribution in [0.3, 0.4) is 0 Å². The first kappa shape index (κ1) is 9.56. The number of urea groups is 1. The van der Waals surface area contributed by atoms with Gasteiger partial charge < -0.3 is 5.32 Å². The second-order valence-corrected chi connectivity index (χ2v) is 3.06. The zero-order chi connectivity index (χ0) is 10.7. The third kappa shape index (κ3) is 2.09. The Hall–Kier alpha value is -1.99. The van der Waals surface area contributed by atoms with Crippen LogP contribution in [0.5, 0.6) is 0 Å². The molecule has 2 amide bonds. The van der Waals surface area contributed by atoms with Gasteiger partial charge in [0, 0.05) is 5.56 Å². The van der Waals surface area contributed by atoms with Crippen molar-refractivity contribution in [2.75, 3.05) is 6.54 Å². The molecule has 0 aromatic heterocycles. The standard InChI is InChI=1S/C11H10N2O2/c1-2-8-12-11(14)13-10(15-13)9-6-4-3-5-7-9/h1,3-7,10H,8H2,(H,12,14). The number of nitrogens with one attached hydrogen (secondary N) is 1. The van der Waals surface area contributed by atoms with E-state index in [1.165, 1.54) is 5.06 Å². The molecule has 1 aliphatic heterocycles. The molecule has 1 unspecified atom stereocenters. The second kappa shape index (κ2) is 4.03. The molecule has 0 bridgehead atoms. The molecule has 0 radical (unpaired) electrons. The predicted octanol–water partition coefficient (Wildman–Crippen LogP) is 1.28. The van der Waals surface area contributed by atoms with E-state index >= 15 is 0 Å². The highest BCUT2D eigenvalue weighted by atomic mass is 16.8. The van der Waals surface area contributed by atoms with E-state index in [9.17, 15) is 4.79 Å². The van der Waals surface area contributed by atoms with Crippen LogP contribution in [0, 0.1) is 12.3 Å². The van der Waals surface area contributed by atoms with Gasteiger partial charge in [-0.2, -0.15) is 5.06 Å². The molecule has 0 spiro atoms. The number of benzene rings is 1. The summed E-state index contributed by atoms with van der Waals surface area (Å²) in [5, 5.41) is 3.78. The van der Waals surface area contributed by atoms with Crippen molar-refractivity contribution in [2.24, 2.45) is 0 Å². The number of nitrogens with zero attached hydrogens (tertiary/aromatic N) is 1. The van der Waals surface area contributed by atoms with Crippen LogP contribution >= 0.6 is 0 Å². The van der Waals surface area contributed by atoms with Gasteiger partial charge in [0.15, 0.2) is 0 Å².